The Morgan fingerprint density at radius 3 is 2.62 bits per heavy atom. The van der Waals surface area contributed by atoms with Crippen LogP contribution in [-0.4, -0.2) is 71.9 Å². The number of nitrogens with zero attached hydrogens (tertiary/aromatic N) is 5. The van der Waals surface area contributed by atoms with Crippen LogP contribution in [0.25, 0.3) is 11.3 Å². The van der Waals surface area contributed by atoms with Crippen LogP contribution in [0.3, 0.4) is 0 Å². The zero-order valence-electron chi connectivity index (χ0n) is 18.1. The maximum Gasteiger partial charge on any atom is 0.387 e. The second-order valence-electron chi connectivity index (χ2n) is 8.75. The van der Waals surface area contributed by atoms with Gasteiger partial charge in [-0.25, -0.2) is 15.0 Å². The summed E-state index contributed by atoms with van der Waals surface area (Å²) in [6, 6.07) is 4.27. The molecule has 1 saturated carbocycles. The van der Waals surface area contributed by atoms with Gasteiger partial charge in [0.1, 0.15) is 11.6 Å². The van der Waals surface area contributed by atoms with Gasteiger partial charge in [-0.1, -0.05) is 0 Å². The first-order valence-electron chi connectivity index (χ1n) is 11.1. The van der Waals surface area contributed by atoms with Gasteiger partial charge in [-0.3, -0.25) is 4.90 Å². The molecule has 0 amide bonds. The minimum atomic E-state index is -2.97. The van der Waals surface area contributed by atoms with Crippen LogP contribution in [0, 0.1) is 0 Å². The molecule has 2 aromatic heterocycles. The molecule has 2 N–H and O–H groups in total. The normalized spacial score (nSPS) is 23.2. The van der Waals surface area contributed by atoms with Crippen molar-refractivity contribution in [2.75, 3.05) is 44.0 Å². The summed E-state index contributed by atoms with van der Waals surface area (Å²) >= 11 is 0. The Kier molecular flexibility index (Phi) is 5.81. The van der Waals surface area contributed by atoms with Crippen LogP contribution >= 0.6 is 0 Å². The lowest BCUT2D eigenvalue weighted by molar-refractivity contribution is -0.0494. The SMILES string of the molecule is COCCN1C[C@@H]2CC[C@H]1CN2c1cc(-c2cnc(N)c(OC(F)F)c2)nc(C2CC2)n1. The van der Waals surface area contributed by atoms with E-state index in [1.807, 2.05) is 6.07 Å². The van der Waals surface area contributed by atoms with Crippen LogP contribution < -0.4 is 15.4 Å². The average Bonchev–Trinajstić information content (AvgIpc) is 3.64. The van der Waals surface area contributed by atoms with E-state index >= 15 is 0 Å². The fourth-order valence-corrected chi connectivity index (χ4v) is 4.74. The maximum absolute atomic E-state index is 12.8. The summed E-state index contributed by atoms with van der Waals surface area (Å²) < 4.78 is 35.3. The third kappa shape index (κ3) is 4.33. The molecule has 5 heterocycles. The Morgan fingerprint density at radius 2 is 1.94 bits per heavy atom. The highest BCUT2D eigenvalue weighted by Gasteiger charge is 2.40. The van der Waals surface area contributed by atoms with Gasteiger partial charge in [0.15, 0.2) is 11.6 Å². The number of alkyl halides is 2. The standard InChI is InChI=1S/C22H28F2N6O2/c1-31-7-6-29-11-16-5-4-15(29)12-30(16)19-9-17(27-21(28-19)13-2-3-13)14-8-18(32-22(23)24)20(25)26-10-14/h8-10,13,15-16,22H,2-7,11-12H2,1H3,(H2,25,26)/t15-,16-/m0/s1. The summed E-state index contributed by atoms with van der Waals surface area (Å²) in [7, 11) is 1.74. The number of pyridine rings is 1. The van der Waals surface area contributed by atoms with Crippen molar-refractivity contribution in [3.63, 3.8) is 0 Å². The molecule has 1 aliphatic carbocycles. The van der Waals surface area contributed by atoms with Gasteiger partial charge >= 0.3 is 6.61 Å². The van der Waals surface area contributed by atoms with Crippen molar-refractivity contribution >= 4 is 11.6 Å². The molecule has 4 aliphatic rings. The van der Waals surface area contributed by atoms with E-state index in [4.69, 9.17) is 20.4 Å². The predicted octanol–water partition coefficient (Wildman–Crippen LogP) is 2.90. The van der Waals surface area contributed by atoms with E-state index in [9.17, 15) is 8.78 Å². The second-order valence-corrected chi connectivity index (χ2v) is 8.75. The van der Waals surface area contributed by atoms with Crippen LogP contribution in [0.1, 0.15) is 37.4 Å². The van der Waals surface area contributed by atoms with Gasteiger partial charge < -0.3 is 20.1 Å². The molecule has 3 saturated heterocycles. The topological polar surface area (TPSA) is 89.6 Å². The van der Waals surface area contributed by atoms with Gasteiger partial charge in [-0.2, -0.15) is 8.78 Å². The zero-order valence-corrected chi connectivity index (χ0v) is 18.1. The van der Waals surface area contributed by atoms with Crippen molar-refractivity contribution in [1.82, 2.24) is 19.9 Å². The number of halogens is 2. The van der Waals surface area contributed by atoms with Gasteiger partial charge in [0, 0.05) is 62.6 Å². The van der Waals surface area contributed by atoms with E-state index in [2.05, 4.69) is 19.5 Å². The molecule has 0 unspecified atom stereocenters. The molecule has 8 nitrogen and oxygen atoms in total. The summed E-state index contributed by atoms with van der Waals surface area (Å²) in [5.74, 6) is 1.84. The van der Waals surface area contributed by atoms with Crippen molar-refractivity contribution < 1.29 is 18.3 Å². The van der Waals surface area contributed by atoms with E-state index in [1.54, 1.807) is 13.3 Å². The van der Waals surface area contributed by atoms with Gasteiger partial charge in [-0.05, 0) is 31.7 Å². The number of piperidine rings is 2. The third-order valence-corrected chi connectivity index (χ3v) is 6.59. The van der Waals surface area contributed by atoms with E-state index in [1.165, 1.54) is 12.5 Å². The summed E-state index contributed by atoms with van der Waals surface area (Å²) in [4.78, 5) is 18.6. The molecular formula is C22H28F2N6O2. The van der Waals surface area contributed by atoms with Crippen molar-refractivity contribution in [3.8, 4) is 17.0 Å². The quantitative estimate of drug-likeness (QED) is 0.662. The van der Waals surface area contributed by atoms with Crippen LogP contribution in [0.5, 0.6) is 5.75 Å². The number of fused-ring (bicyclic) bond motifs is 3. The number of nitrogens with two attached hydrogens (primary N) is 1. The fourth-order valence-electron chi connectivity index (χ4n) is 4.74. The highest BCUT2D eigenvalue weighted by atomic mass is 19.3. The largest absolute Gasteiger partial charge is 0.431 e. The predicted molar refractivity (Wildman–Crippen MR) is 116 cm³/mol. The molecular weight excluding hydrogens is 418 g/mol. The molecule has 10 heteroatoms. The lowest BCUT2D eigenvalue weighted by atomic mass is 9.90. The molecule has 172 valence electrons. The number of nitrogen functional groups attached to an aromatic ring is 1. The monoisotopic (exact) mass is 446 g/mol. The first kappa shape index (κ1) is 21.3. The highest BCUT2D eigenvalue weighted by Crippen LogP contribution is 2.41. The Morgan fingerprint density at radius 1 is 1.12 bits per heavy atom. The number of hydrogen-bond donors (Lipinski definition) is 1. The van der Waals surface area contributed by atoms with Crippen molar-refractivity contribution in [2.24, 2.45) is 0 Å². The molecule has 32 heavy (non-hydrogen) atoms. The molecule has 6 rings (SSSR count). The Bertz CT molecular complexity index is 973. The summed E-state index contributed by atoms with van der Waals surface area (Å²) in [5.41, 5.74) is 6.96. The lowest BCUT2D eigenvalue weighted by Crippen LogP contribution is -2.63. The van der Waals surface area contributed by atoms with Gasteiger partial charge in [-0.15, -0.1) is 0 Å². The third-order valence-electron chi connectivity index (χ3n) is 6.59. The Balaban J connectivity index is 1.45. The van der Waals surface area contributed by atoms with E-state index in [-0.39, 0.29) is 11.6 Å². The maximum atomic E-state index is 12.8. The number of ether oxygens (including phenoxy) is 2. The molecule has 3 aliphatic heterocycles. The van der Waals surface area contributed by atoms with Crippen molar-refractivity contribution in [1.29, 1.82) is 0 Å². The number of methoxy groups -OCH3 is 1. The number of anilines is 2. The number of piperazine rings is 1. The van der Waals surface area contributed by atoms with Crippen LogP contribution in [0.15, 0.2) is 18.3 Å². The summed E-state index contributed by atoms with van der Waals surface area (Å²) in [6.07, 6.45) is 5.99. The van der Waals surface area contributed by atoms with E-state index < -0.39 is 6.61 Å². The number of hydrogen-bond acceptors (Lipinski definition) is 8. The molecule has 2 bridgehead atoms. The van der Waals surface area contributed by atoms with Crippen LogP contribution in [-0.2, 0) is 4.74 Å². The van der Waals surface area contributed by atoms with Crippen molar-refractivity contribution in [2.45, 2.75) is 50.3 Å². The van der Waals surface area contributed by atoms with Gasteiger partial charge in [0.25, 0.3) is 0 Å². The molecule has 4 fully saturated rings. The second kappa shape index (κ2) is 8.74. The smallest absolute Gasteiger partial charge is 0.387 e. The zero-order chi connectivity index (χ0) is 22.2. The number of rotatable bonds is 8. The van der Waals surface area contributed by atoms with Crippen LogP contribution in [0.2, 0.25) is 0 Å². The fraction of sp³-hybridized carbons (Fsp3) is 0.591. The van der Waals surface area contributed by atoms with Crippen LogP contribution in [0.4, 0.5) is 20.4 Å². The molecule has 2 aromatic rings. The first-order valence-corrected chi connectivity index (χ1v) is 11.1. The van der Waals surface area contributed by atoms with Gasteiger partial charge in [0.2, 0.25) is 0 Å². The molecule has 0 spiro atoms. The molecule has 0 radical (unpaired) electrons. The molecule has 0 aromatic carbocycles. The lowest BCUT2D eigenvalue weighted by Gasteiger charge is -2.52. The first-order chi connectivity index (χ1) is 15.5. The summed E-state index contributed by atoms with van der Waals surface area (Å²) in [5, 5.41) is 0. The molecule has 2 atom stereocenters. The van der Waals surface area contributed by atoms with Crippen molar-refractivity contribution in [3.05, 3.63) is 24.2 Å². The Hall–Kier alpha value is -2.59. The Labute approximate surface area is 185 Å². The van der Waals surface area contributed by atoms with Gasteiger partial charge in [0.05, 0.1) is 12.3 Å². The number of aromatic nitrogens is 3. The van der Waals surface area contributed by atoms with E-state index in [0.29, 0.717) is 29.3 Å². The van der Waals surface area contributed by atoms with E-state index in [0.717, 1.165) is 57.1 Å². The minimum Gasteiger partial charge on any atom is -0.431 e. The summed E-state index contributed by atoms with van der Waals surface area (Å²) in [6.45, 7) is 0.608. The average molecular weight is 447 g/mol. The highest BCUT2D eigenvalue weighted by molar-refractivity contribution is 5.67. The minimum absolute atomic E-state index is 0.0739.